The van der Waals surface area contributed by atoms with E-state index in [-0.39, 0.29) is 6.04 Å². The molecule has 74 valence electrons. The van der Waals surface area contributed by atoms with E-state index in [4.69, 9.17) is 10.3 Å². The molecule has 0 fully saturated rings. The van der Waals surface area contributed by atoms with Crippen molar-refractivity contribution in [2.75, 3.05) is 0 Å². The van der Waals surface area contributed by atoms with Crippen LogP contribution in [0.1, 0.15) is 25.3 Å². The maximum absolute atomic E-state index is 5.75. The molecule has 0 saturated carbocycles. The van der Waals surface area contributed by atoms with Crippen LogP contribution >= 0.6 is 11.3 Å². The van der Waals surface area contributed by atoms with Gasteiger partial charge in [-0.15, -0.1) is 11.3 Å². The zero-order chi connectivity index (χ0) is 9.97. The normalized spacial score (nSPS) is 13.0. The highest BCUT2D eigenvalue weighted by molar-refractivity contribution is 7.13. The average molecular weight is 210 g/mol. The number of hydrogen-bond donors (Lipinski definition) is 1. The number of rotatable bonds is 3. The van der Waals surface area contributed by atoms with E-state index >= 15 is 0 Å². The highest BCUT2D eigenvalue weighted by Gasteiger charge is 2.14. The molecular weight excluding hydrogens is 200 g/mol. The number of nitrogens with zero attached hydrogens (tertiary/aromatic N) is 3. The molecule has 1 atom stereocenters. The first-order chi connectivity index (χ1) is 6.81. The average Bonchev–Trinajstić information content (AvgIpc) is 2.86. The molecule has 14 heavy (non-hydrogen) atoms. The Morgan fingerprint density at radius 2 is 2.50 bits per heavy atom. The van der Waals surface area contributed by atoms with E-state index in [2.05, 4.69) is 15.1 Å². The zero-order valence-electron chi connectivity index (χ0n) is 7.67. The molecule has 5 nitrogen and oxygen atoms in total. The van der Waals surface area contributed by atoms with Gasteiger partial charge in [-0.25, -0.2) is 0 Å². The van der Waals surface area contributed by atoms with Gasteiger partial charge in [0.2, 0.25) is 11.7 Å². The monoisotopic (exact) mass is 210 g/mol. The van der Waals surface area contributed by atoms with Crippen molar-refractivity contribution in [1.82, 2.24) is 15.1 Å². The summed E-state index contributed by atoms with van der Waals surface area (Å²) in [6.07, 6.45) is 2.49. The van der Waals surface area contributed by atoms with Gasteiger partial charge in [0.15, 0.2) is 0 Å². The van der Waals surface area contributed by atoms with Crippen molar-refractivity contribution in [3.8, 4) is 10.7 Å². The van der Waals surface area contributed by atoms with Gasteiger partial charge in [0.25, 0.3) is 0 Å². The first-order valence-corrected chi connectivity index (χ1v) is 5.17. The van der Waals surface area contributed by atoms with Gasteiger partial charge in [0.05, 0.1) is 16.4 Å². The lowest BCUT2D eigenvalue weighted by atomic mass is 10.2. The lowest BCUT2D eigenvalue weighted by molar-refractivity contribution is 0.352. The summed E-state index contributed by atoms with van der Waals surface area (Å²) in [5, 5.41) is 3.83. The summed E-state index contributed by atoms with van der Waals surface area (Å²) in [4.78, 5) is 9.02. The second-order valence-electron chi connectivity index (χ2n) is 2.84. The molecule has 0 amide bonds. The van der Waals surface area contributed by atoms with E-state index < -0.39 is 0 Å². The summed E-state index contributed by atoms with van der Waals surface area (Å²) in [6, 6.07) is -0.177. The lowest BCUT2D eigenvalue weighted by Crippen LogP contribution is -2.08. The van der Waals surface area contributed by atoms with Crippen LogP contribution in [0.3, 0.4) is 0 Å². The van der Waals surface area contributed by atoms with E-state index in [1.54, 1.807) is 11.7 Å². The standard InChI is InChI=1S/C8H10N4OS/c1-2-5(9)8-11-7(12-13-8)6-3-10-4-14-6/h3-5H,2,9H2,1H3/t5-/m1/s1. The van der Waals surface area contributed by atoms with Crippen LogP contribution in [0, 0.1) is 0 Å². The van der Waals surface area contributed by atoms with Crippen LogP contribution in [0.25, 0.3) is 10.7 Å². The maximum atomic E-state index is 5.75. The Bertz CT molecular complexity index is 397. The van der Waals surface area contributed by atoms with Gasteiger partial charge in [0, 0.05) is 6.20 Å². The van der Waals surface area contributed by atoms with Gasteiger partial charge in [-0.3, -0.25) is 4.98 Å². The number of aromatic nitrogens is 3. The second-order valence-corrected chi connectivity index (χ2v) is 3.72. The molecule has 0 radical (unpaired) electrons. The van der Waals surface area contributed by atoms with Gasteiger partial charge in [-0.1, -0.05) is 12.1 Å². The Hall–Kier alpha value is -1.27. The van der Waals surface area contributed by atoms with Gasteiger partial charge in [0.1, 0.15) is 0 Å². The molecule has 6 heteroatoms. The summed E-state index contributed by atoms with van der Waals surface area (Å²) in [6.45, 7) is 1.97. The third-order valence-corrected chi connectivity index (χ3v) is 2.62. The van der Waals surface area contributed by atoms with Gasteiger partial charge in [-0.2, -0.15) is 4.98 Å². The molecule has 2 heterocycles. The van der Waals surface area contributed by atoms with Crippen LogP contribution in [-0.2, 0) is 0 Å². The predicted octanol–water partition coefficient (Wildman–Crippen LogP) is 1.60. The highest BCUT2D eigenvalue weighted by atomic mass is 32.1. The fourth-order valence-corrected chi connectivity index (χ4v) is 1.53. The summed E-state index contributed by atoms with van der Waals surface area (Å²) in [7, 11) is 0. The minimum absolute atomic E-state index is 0.177. The molecule has 2 aromatic rings. The topological polar surface area (TPSA) is 77.8 Å². The fraction of sp³-hybridized carbons (Fsp3) is 0.375. The fourth-order valence-electron chi connectivity index (χ4n) is 0.987. The van der Waals surface area contributed by atoms with Crippen molar-refractivity contribution in [3.63, 3.8) is 0 Å². The molecule has 0 saturated heterocycles. The Kier molecular flexibility index (Phi) is 2.55. The molecule has 0 bridgehead atoms. The number of nitrogens with two attached hydrogens (primary N) is 1. The van der Waals surface area contributed by atoms with Gasteiger partial charge < -0.3 is 10.3 Å². The molecule has 2 aromatic heterocycles. The first-order valence-electron chi connectivity index (χ1n) is 4.29. The van der Waals surface area contributed by atoms with Crippen LogP contribution < -0.4 is 5.73 Å². The largest absolute Gasteiger partial charge is 0.337 e. The van der Waals surface area contributed by atoms with E-state index in [9.17, 15) is 0 Å². The number of thiazole rings is 1. The predicted molar refractivity (Wildman–Crippen MR) is 52.6 cm³/mol. The SMILES string of the molecule is CC[C@@H](N)c1nc(-c2cncs2)no1. The lowest BCUT2D eigenvalue weighted by Gasteiger charge is -1.98. The molecule has 0 aliphatic carbocycles. The molecular formula is C8H10N4OS. The molecule has 0 aromatic carbocycles. The van der Waals surface area contributed by atoms with E-state index in [0.29, 0.717) is 11.7 Å². The van der Waals surface area contributed by atoms with Gasteiger partial charge >= 0.3 is 0 Å². The van der Waals surface area contributed by atoms with Crippen LogP contribution in [0.5, 0.6) is 0 Å². The Labute approximate surface area is 85.0 Å². The minimum atomic E-state index is -0.177. The van der Waals surface area contributed by atoms with Crippen LogP contribution in [-0.4, -0.2) is 15.1 Å². The van der Waals surface area contributed by atoms with E-state index in [1.807, 2.05) is 6.92 Å². The molecule has 0 aliphatic rings. The molecule has 2 rings (SSSR count). The maximum Gasteiger partial charge on any atom is 0.243 e. The van der Waals surface area contributed by atoms with Crippen molar-refractivity contribution < 1.29 is 4.52 Å². The Morgan fingerprint density at radius 3 is 3.14 bits per heavy atom. The Morgan fingerprint density at radius 1 is 1.64 bits per heavy atom. The minimum Gasteiger partial charge on any atom is -0.337 e. The second kappa shape index (κ2) is 3.85. The summed E-state index contributed by atoms with van der Waals surface area (Å²) in [5.74, 6) is 1.04. The van der Waals surface area contributed by atoms with Crippen LogP contribution in [0.15, 0.2) is 16.2 Å². The van der Waals surface area contributed by atoms with Gasteiger partial charge in [-0.05, 0) is 6.42 Å². The van der Waals surface area contributed by atoms with Crippen molar-refractivity contribution in [3.05, 3.63) is 17.6 Å². The smallest absolute Gasteiger partial charge is 0.243 e. The first kappa shape index (κ1) is 9.29. The molecule has 0 aliphatic heterocycles. The van der Waals surface area contributed by atoms with Crippen molar-refractivity contribution in [2.24, 2.45) is 5.73 Å². The third-order valence-electron chi connectivity index (χ3n) is 1.85. The van der Waals surface area contributed by atoms with E-state index in [1.165, 1.54) is 11.3 Å². The number of hydrogen-bond acceptors (Lipinski definition) is 6. The van der Waals surface area contributed by atoms with Crippen molar-refractivity contribution in [1.29, 1.82) is 0 Å². The highest BCUT2D eigenvalue weighted by Crippen LogP contribution is 2.21. The van der Waals surface area contributed by atoms with E-state index in [0.717, 1.165) is 11.3 Å². The van der Waals surface area contributed by atoms with Crippen molar-refractivity contribution >= 4 is 11.3 Å². The summed E-state index contributed by atoms with van der Waals surface area (Å²) < 4.78 is 5.03. The summed E-state index contributed by atoms with van der Waals surface area (Å²) >= 11 is 1.47. The van der Waals surface area contributed by atoms with Crippen LogP contribution in [0.2, 0.25) is 0 Å². The van der Waals surface area contributed by atoms with Crippen LogP contribution in [0.4, 0.5) is 0 Å². The third kappa shape index (κ3) is 1.66. The Balaban J connectivity index is 2.26. The molecule has 0 unspecified atom stereocenters. The molecule has 0 spiro atoms. The van der Waals surface area contributed by atoms with Crippen molar-refractivity contribution in [2.45, 2.75) is 19.4 Å². The summed E-state index contributed by atoms with van der Waals surface area (Å²) in [5.41, 5.74) is 7.48. The zero-order valence-corrected chi connectivity index (χ0v) is 8.49. The quantitative estimate of drug-likeness (QED) is 0.832. The molecule has 2 N–H and O–H groups in total.